The second-order valence-electron chi connectivity index (χ2n) is 5.91. The standard InChI is InChI=1S/C19H15FN4O3/c1-10-3-4-11(20)9-12(10)16-13(21-2)5-6-14(25)17(16)18(27)24-19-22-8-7-15(26)23-19/h3-6,9,25H,7-8H2,1H3,(H2,22,23,24,26,27). The van der Waals surface area contributed by atoms with Gasteiger partial charge in [0.1, 0.15) is 11.6 Å². The zero-order valence-corrected chi connectivity index (χ0v) is 14.3. The van der Waals surface area contributed by atoms with E-state index in [-0.39, 0.29) is 47.4 Å². The Morgan fingerprint density at radius 3 is 2.85 bits per heavy atom. The third kappa shape index (κ3) is 3.62. The van der Waals surface area contributed by atoms with E-state index in [1.807, 2.05) is 0 Å². The molecular formula is C19H15FN4O3. The molecule has 0 aliphatic carbocycles. The molecule has 2 aromatic rings. The lowest BCUT2D eigenvalue weighted by atomic mass is 9.93. The van der Waals surface area contributed by atoms with Crippen LogP contribution in [0, 0.1) is 19.3 Å². The molecule has 0 saturated heterocycles. The van der Waals surface area contributed by atoms with Crippen molar-refractivity contribution < 1.29 is 19.1 Å². The molecule has 7 nitrogen and oxygen atoms in total. The fraction of sp³-hybridized carbons (Fsp3) is 0.158. The maximum atomic E-state index is 13.8. The average Bonchev–Trinajstić information content (AvgIpc) is 2.63. The summed E-state index contributed by atoms with van der Waals surface area (Å²) in [6.45, 7) is 9.32. The number of hydrogen-bond acceptors (Lipinski definition) is 4. The van der Waals surface area contributed by atoms with Crippen molar-refractivity contribution in [2.45, 2.75) is 13.3 Å². The number of aromatic hydroxyl groups is 1. The van der Waals surface area contributed by atoms with Crippen LogP contribution >= 0.6 is 0 Å². The molecule has 0 fully saturated rings. The normalized spacial score (nSPS) is 13.4. The molecule has 1 aliphatic rings. The van der Waals surface area contributed by atoms with Gasteiger partial charge >= 0.3 is 0 Å². The van der Waals surface area contributed by atoms with Crippen molar-refractivity contribution in [3.05, 3.63) is 58.7 Å². The van der Waals surface area contributed by atoms with E-state index in [1.54, 1.807) is 6.92 Å². The molecular weight excluding hydrogens is 351 g/mol. The lowest BCUT2D eigenvalue weighted by Crippen LogP contribution is -2.46. The number of phenols is 1. The van der Waals surface area contributed by atoms with Gasteiger partial charge in [0.2, 0.25) is 11.9 Å². The molecule has 1 heterocycles. The zero-order chi connectivity index (χ0) is 19.6. The van der Waals surface area contributed by atoms with Crippen molar-refractivity contribution in [3.8, 4) is 16.9 Å². The Hall–Kier alpha value is -3.73. The minimum atomic E-state index is -0.766. The number of guanidine groups is 1. The Morgan fingerprint density at radius 2 is 2.15 bits per heavy atom. The summed E-state index contributed by atoms with van der Waals surface area (Å²) < 4.78 is 13.8. The Labute approximate surface area is 154 Å². The van der Waals surface area contributed by atoms with Crippen molar-refractivity contribution >= 4 is 23.5 Å². The summed E-state index contributed by atoms with van der Waals surface area (Å²) in [6, 6.07) is 6.58. The van der Waals surface area contributed by atoms with E-state index in [4.69, 9.17) is 6.57 Å². The zero-order valence-electron chi connectivity index (χ0n) is 14.3. The lowest BCUT2D eigenvalue weighted by molar-refractivity contribution is -0.119. The minimum Gasteiger partial charge on any atom is -0.507 e. The maximum Gasteiger partial charge on any atom is 0.261 e. The number of hydrogen-bond donors (Lipinski definition) is 3. The molecule has 0 saturated carbocycles. The van der Waals surface area contributed by atoms with Crippen LogP contribution in [0.4, 0.5) is 10.1 Å². The minimum absolute atomic E-state index is 0.0363. The number of aliphatic imine (C=N–C) groups is 1. The van der Waals surface area contributed by atoms with Gasteiger partial charge in [-0.2, -0.15) is 0 Å². The van der Waals surface area contributed by atoms with E-state index in [0.29, 0.717) is 11.1 Å². The van der Waals surface area contributed by atoms with Gasteiger partial charge in [-0.1, -0.05) is 12.1 Å². The predicted molar refractivity (Wildman–Crippen MR) is 97.0 cm³/mol. The molecule has 3 rings (SSSR count). The van der Waals surface area contributed by atoms with E-state index in [9.17, 15) is 19.1 Å². The van der Waals surface area contributed by atoms with Crippen LogP contribution < -0.4 is 10.6 Å². The fourth-order valence-electron chi connectivity index (χ4n) is 2.78. The third-order valence-corrected chi connectivity index (χ3v) is 4.08. The van der Waals surface area contributed by atoms with Gasteiger partial charge in [0.25, 0.3) is 5.91 Å². The summed E-state index contributed by atoms with van der Waals surface area (Å²) >= 11 is 0. The van der Waals surface area contributed by atoms with Crippen LogP contribution in [-0.2, 0) is 4.79 Å². The number of carbonyl (C=O) groups is 2. The van der Waals surface area contributed by atoms with Crippen LogP contribution in [0.2, 0.25) is 0 Å². The summed E-state index contributed by atoms with van der Waals surface area (Å²) in [7, 11) is 0. The second-order valence-corrected chi connectivity index (χ2v) is 5.91. The number of phenolic OH excluding ortho intramolecular Hbond substituents is 1. The summed E-state index contributed by atoms with van der Waals surface area (Å²) in [4.78, 5) is 31.7. The number of amides is 2. The van der Waals surface area contributed by atoms with Crippen molar-refractivity contribution in [1.82, 2.24) is 10.6 Å². The lowest BCUT2D eigenvalue weighted by Gasteiger charge is -2.18. The Bertz CT molecular complexity index is 1020. The molecule has 2 aromatic carbocycles. The van der Waals surface area contributed by atoms with Crippen LogP contribution in [0.1, 0.15) is 22.3 Å². The quantitative estimate of drug-likeness (QED) is 0.713. The number of nitrogens with zero attached hydrogens (tertiary/aromatic N) is 2. The van der Waals surface area contributed by atoms with Crippen molar-refractivity contribution in [2.75, 3.05) is 6.54 Å². The van der Waals surface area contributed by atoms with Crippen molar-refractivity contribution in [1.29, 1.82) is 0 Å². The first kappa shape index (κ1) is 18.1. The molecule has 0 radical (unpaired) electrons. The van der Waals surface area contributed by atoms with Crippen LogP contribution in [0.25, 0.3) is 16.0 Å². The monoisotopic (exact) mass is 366 g/mol. The molecule has 8 heteroatoms. The summed E-state index contributed by atoms with van der Waals surface area (Å²) in [5, 5.41) is 15.1. The first-order valence-electron chi connectivity index (χ1n) is 8.06. The van der Waals surface area contributed by atoms with E-state index >= 15 is 0 Å². The SMILES string of the molecule is [C-]#[N+]c1ccc(O)c(C(=O)NC2=NCCC(=O)N2)c1-c1cc(F)ccc1C. The van der Waals surface area contributed by atoms with E-state index in [2.05, 4.69) is 20.5 Å². The molecule has 2 amide bonds. The number of aryl methyl sites for hydroxylation is 1. The number of nitrogens with one attached hydrogen (secondary N) is 2. The molecule has 0 unspecified atom stereocenters. The molecule has 3 N–H and O–H groups in total. The van der Waals surface area contributed by atoms with E-state index in [1.165, 1.54) is 30.3 Å². The van der Waals surface area contributed by atoms with Gasteiger partial charge in [-0.25, -0.2) is 9.24 Å². The van der Waals surface area contributed by atoms with Gasteiger partial charge < -0.3 is 5.11 Å². The molecule has 0 bridgehead atoms. The first-order chi connectivity index (χ1) is 12.9. The topological polar surface area (TPSA) is 95.2 Å². The largest absolute Gasteiger partial charge is 0.507 e. The summed E-state index contributed by atoms with van der Waals surface area (Å²) in [6.07, 6.45) is 0.214. The second kappa shape index (κ2) is 7.25. The highest BCUT2D eigenvalue weighted by Crippen LogP contribution is 2.40. The molecule has 27 heavy (non-hydrogen) atoms. The number of carbonyl (C=O) groups excluding carboxylic acids is 2. The van der Waals surface area contributed by atoms with Crippen LogP contribution in [-0.4, -0.2) is 29.4 Å². The van der Waals surface area contributed by atoms with Gasteiger partial charge in [0.15, 0.2) is 5.69 Å². The van der Waals surface area contributed by atoms with Crippen LogP contribution in [0.5, 0.6) is 5.75 Å². The smallest absolute Gasteiger partial charge is 0.261 e. The number of rotatable bonds is 2. The van der Waals surface area contributed by atoms with Gasteiger partial charge in [0.05, 0.1) is 18.7 Å². The average molecular weight is 366 g/mol. The predicted octanol–water partition coefficient (Wildman–Crippen LogP) is 2.66. The third-order valence-electron chi connectivity index (χ3n) is 4.08. The highest BCUT2D eigenvalue weighted by atomic mass is 19.1. The summed E-state index contributed by atoms with van der Waals surface area (Å²) in [5.74, 6) is -2.00. The van der Waals surface area contributed by atoms with Gasteiger partial charge in [-0.3, -0.25) is 25.2 Å². The Morgan fingerprint density at radius 1 is 1.37 bits per heavy atom. The molecule has 136 valence electrons. The van der Waals surface area contributed by atoms with Gasteiger partial charge in [0, 0.05) is 12.0 Å². The molecule has 1 aliphatic heterocycles. The summed E-state index contributed by atoms with van der Waals surface area (Å²) in [5.41, 5.74) is 0.948. The highest BCUT2D eigenvalue weighted by molar-refractivity contribution is 6.15. The molecule has 0 atom stereocenters. The van der Waals surface area contributed by atoms with Crippen molar-refractivity contribution in [3.63, 3.8) is 0 Å². The van der Waals surface area contributed by atoms with Crippen LogP contribution in [0.3, 0.4) is 0 Å². The van der Waals surface area contributed by atoms with Crippen LogP contribution in [0.15, 0.2) is 35.3 Å². The van der Waals surface area contributed by atoms with Gasteiger partial charge in [-0.15, -0.1) is 0 Å². The van der Waals surface area contributed by atoms with E-state index < -0.39 is 11.7 Å². The maximum absolute atomic E-state index is 13.8. The Balaban J connectivity index is 2.14. The van der Waals surface area contributed by atoms with E-state index in [0.717, 1.165) is 0 Å². The molecule has 0 aromatic heterocycles. The Kier molecular flexibility index (Phi) is 4.86. The molecule has 0 spiro atoms. The number of halogens is 1. The number of benzene rings is 2. The van der Waals surface area contributed by atoms with Crippen molar-refractivity contribution in [2.24, 2.45) is 4.99 Å². The first-order valence-corrected chi connectivity index (χ1v) is 8.06. The highest BCUT2D eigenvalue weighted by Gasteiger charge is 2.24. The van der Waals surface area contributed by atoms with Gasteiger partial charge in [-0.05, 0) is 36.2 Å². The fourth-order valence-corrected chi connectivity index (χ4v) is 2.78.